The third kappa shape index (κ3) is 3.41. The Kier molecular flexibility index (Phi) is 4.28. The minimum Gasteiger partial charge on any atom is -0.548 e. The molecule has 2 aromatic rings. The van der Waals surface area contributed by atoms with Gasteiger partial charge >= 0.3 is 0 Å². The van der Waals surface area contributed by atoms with Crippen molar-refractivity contribution in [1.29, 1.82) is 0 Å². The van der Waals surface area contributed by atoms with Crippen LogP contribution in [0.15, 0.2) is 59.5 Å². The summed E-state index contributed by atoms with van der Waals surface area (Å²) in [4.78, 5) is 10.9. The van der Waals surface area contributed by atoms with Crippen LogP contribution in [-0.2, 0) is 14.8 Å². The summed E-state index contributed by atoms with van der Waals surface area (Å²) >= 11 is 0. The number of carbonyl (C=O) groups is 1. The molecule has 0 unspecified atom stereocenters. The molecule has 2 aromatic carbocycles. The lowest BCUT2D eigenvalue weighted by Crippen LogP contribution is -2.41. The Bertz CT molecular complexity index is 724. The number of sulfonamides is 1. The second-order valence-electron chi connectivity index (χ2n) is 4.53. The fourth-order valence-electron chi connectivity index (χ4n) is 1.86. The monoisotopic (exact) mass is 304 g/mol. The Balaban J connectivity index is 2.50. The average Bonchev–Trinajstić information content (AvgIpc) is 2.46. The predicted molar refractivity (Wildman–Crippen MR) is 77.2 cm³/mol. The molecule has 6 heteroatoms. The Labute approximate surface area is 123 Å². The Morgan fingerprint density at radius 1 is 1.05 bits per heavy atom. The summed E-state index contributed by atoms with van der Waals surface area (Å²) in [5.41, 5.74) is 1.23. The van der Waals surface area contributed by atoms with E-state index in [0.717, 1.165) is 9.87 Å². The Hall–Kier alpha value is -2.34. The number of aryl methyl sites for hydroxylation is 1. The lowest BCUT2D eigenvalue weighted by Gasteiger charge is -2.25. The van der Waals surface area contributed by atoms with Crippen LogP contribution in [0.2, 0.25) is 0 Å². The van der Waals surface area contributed by atoms with Crippen LogP contribution in [0, 0.1) is 6.92 Å². The van der Waals surface area contributed by atoms with Crippen molar-refractivity contribution in [2.45, 2.75) is 11.8 Å². The van der Waals surface area contributed by atoms with Crippen LogP contribution in [0.3, 0.4) is 0 Å². The fourth-order valence-corrected chi connectivity index (χ4v) is 3.29. The van der Waals surface area contributed by atoms with Gasteiger partial charge in [0.1, 0.15) is 0 Å². The summed E-state index contributed by atoms with van der Waals surface area (Å²) in [7, 11) is -3.95. The Morgan fingerprint density at radius 2 is 1.62 bits per heavy atom. The molecule has 0 heterocycles. The molecule has 0 bridgehead atoms. The zero-order valence-corrected chi connectivity index (χ0v) is 12.2. The number of hydrogen-bond donors (Lipinski definition) is 0. The maximum absolute atomic E-state index is 12.6. The summed E-state index contributed by atoms with van der Waals surface area (Å²) in [6, 6.07) is 14.3. The maximum Gasteiger partial charge on any atom is 0.264 e. The van der Waals surface area contributed by atoms with Crippen molar-refractivity contribution in [1.82, 2.24) is 0 Å². The lowest BCUT2D eigenvalue weighted by atomic mass is 10.2. The molecule has 0 aliphatic carbocycles. The summed E-state index contributed by atoms with van der Waals surface area (Å²) in [5, 5.41) is 10.9. The van der Waals surface area contributed by atoms with E-state index in [1.165, 1.54) is 12.1 Å². The van der Waals surface area contributed by atoms with Gasteiger partial charge in [-0.2, -0.15) is 0 Å². The second-order valence-corrected chi connectivity index (χ2v) is 6.39. The van der Waals surface area contributed by atoms with Gasteiger partial charge in [-0.05, 0) is 31.2 Å². The number of aliphatic carboxylic acids is 1. The quantitative estimate of drug-likeness (QED) is 0.823. The van der Waals surface area contributed by atoms with Gasteiger partial charge in [-0.3, -0.25) is 4.31 Å². The molecular formula is C15H14NO4S-. The van der Waals surface area contributed by atoms with Gasteiger partial charge in [0.05, 0.1) is 23.1 Å². The summed E-state index contributed by atoms with van der Waals surface area (Å²) < 4.78 is 26.0. The third-order valence-corrected chi connectivity index (χ3v) is 4.71. The summed E-state index contributed by atoms with van der Waals surface area (Å²) in [6.07, 6.45) is 0. The highest BCUT2D eigenvalue weighted by Crippen LogP contribution is 2.23. The summed E-state index contributed by atoms with van der Waals surface area (Å²) in [5.74, 6) is -1.46. The minimum atomic E-state index is -3.95. The van der Waals surface area contributed by atoms with Crippen LogP contribution in [0.25, 0.3) is 0 Å². The molecule has 0 aliphatic rings. The van der Waals surface area contributed by atoms with Crippen molar-refractivity contribution < 1.29 is 18.3 Å². The topological polar surface area (TPSA) is 77.5 Å². The van der Waals surface area contributed by atoms with Crippen molar-refractivity contribution in [3.8, 4) is 0 Å². The van der Waals surface area contributed by atoms with Crippen LogP contribution < -0.4 is 9.41 Å². The van der Waals surface area contributed by atoms with Crippen molar-refractivity contribution >= 4 is 21.7 Å². The maximum atomic E-state index is 12.6. The van der Waals surface area contributed by atoms with Gasteiger partial charge in [0.25, 0.3) is 10.0 Å². The molecule has 0 saturated carbocycles. The summed E-state index contributed by atoms with van der Waals surface area (Å²) in [6.45, 7) is 1.12. The van der Waals surface area contributed by atoms with Crippen LogP contribution in [0.4, 0.5) is 5.69 Å². The van der Waals surface area contributed by atoms with Gasteiger partial charge in [0.15, 0.2) is 0 Å². The van der Waals surface area contributed by atoms with Gasteiger partial charge in [0, 0.05) is 0 Å². The van der Waals surface area contributed by atoms with E-state index in [1.54, 1.807) is 42.5 Å². The number of carbonyl (C=O) groups excluding carboxylic acids is 1. The molecular weight excluding hydrogens is 290 g/mol. The number of hydrogen-bond acceptors (Lipinski definition) is 4. The first-order valence-electron chi connectivity index (χ1n) is 6.25. The molecule has 5 nitrogen and oxygen atoms in total. The van der Waals surface area contributed by atoms with Crippen molar-refractivity contribution in [2.24, 2.45) is 0 Å². The number of anilines is 1. The molecule has 0 aliphatic heterocycles. The van der Waals surface area contributed by atoms with E-state index in [-0.39, 0.29) is 10.6 Å². The van der Waals surface area contributed by atoms with Crippen LogP contribution >= 0.6 is 0 Å². The lowest BCUT2D eigenvalue weighted by molar-refractivity contribution is -0.303. The highest BCUT2D eigenvalue weighted by Gasteiger charge is 2.24. The van der Waals surface area contributed by atoms with E-state index in [4.69, 9.17) is 0 Å². The van der Waals surface area contributed by atoms with Crippen LogP contribution in [0.1, 0.15) is 5.56 Å². The van der Waals surface area contributed by atoms with Crippen molar-refractivity contribution in [3.05, 3.63) is 60.2 Å². The van der Waals surface area contributed by atoms with Gasteiger partial charge in [-0.15, -0.1) is 0 Å². The molecule has 0 saturated heterocycles. The smallest absolute Gasteiger partial charge is 0.264 e. The molecule has 0 spiro atoms. The zero-order chi connectivity index (χ0) is 15.5. The first kappa shape index (κ1) is 15.1. The average molecular weight is 304 g/mol. The normalized spacial score (nSPS) is 11.1. The van der Waals surface area contributed by atoms with E-state index in [1.807, 2.05) is 6.92 Å². The van der Waals surface area contributed by atoms with Crippen molar-refractivity contribution in [3.63, 3.8) is 0 Å². The van der Waals surface area contributed by atoms with E-state index in [9.17, 15) is 18.3 Å². The number of carboxylic acid groups (broad SMARTS) is 1. The van der Waals surface area contributed by atoms with Crippen LogP contribution in [0.5, 0.6) is 0 Å². The largest absolute Gasteiger partial charge is 0.548 e. The third-order valence-electron chi connectivity index (χ3n) is 2.93. The van der Waals surface area contributed by atoms with E-state index < -0.39 is 22.5 Å². The molecule has 0 N–H and O–H groups in total. The SMILES string of the molecule is Cc1ccc(N(CC(=O)[O-])S(=O)(=O)c2ccccc2)cc1. The molecule has 2 rings (SSSR count). The molecule has 0 fully saturated rings. The standard InChI is InChI=1S/C15H15NO4S/c1-12-7-9-13(10-8-12)16(11-15(17)18)21(19,20)14-5-3-2-4-6-14/h2-10H,11H2,1H3,(H,17,18)/p-1. The predicted octanol–water partition coefficient (Wildman–Crippen LogP) is 0.940. The number of nitrogens with zero attached hydrogens (tertiary/aromatic N) is 1. The second kappa shape index (κ2) is 5.97. The minimum absolute atomic E-state index is 0.0341. The van der Waals surface area contributed by atoms with Crippen molar-refractivity contribution in [2.75, 3.05) is 10.8 Å². The molecule has 110 valence electrons. The van der Waals surface area contributed by atoms with Crippen LogP contribution in [-0.4, -0.2) is 20.9 Å². The van der Waals surface area contributed by atoms with Gasteiger partial charge < -0.3 is 9.90 Å². The van der Waals surface area contributed by atoms with E-state index in [2.05, 4.69) is 0 Å². The highest BCUT2D eigenvalue weighted by molar-refractivity contribution is 7.92. The molecule has 0 amide bonds. The molecule has 21 heavy (non-hydrogen) atoms. The van der Waals surface area contributed by atoms with Gasteiger partial charge in [0.2, 0.25) is 0 Å². The molecule has 0 atom stereocenters. The first-order valence-corrected chi connectivity index (χ1v) is 7.69. The van der Waals surface area contributed by atoms with E-state index in [0.29, 0.717) is 0 Å². The first-order chi connectivity index (χ1) is 9.91. The zero-order valence-electron chi connectivity index (χ0n) is 11.4. The highest BCUT2D eigenvalue weighted by atomic mass is 32.2. The van der Waals surface area contributed by atoms with Gasteiger partial charge in [-0.1, -0.05) is 35.9 Å². The number of benzene rings is 2. The molecule has 0 radical (unpaired) electrons. The number of rotatable bonds is 5. The molecule has 0 aromatic heterocycles. The fraction of sp³-hybridized carbons (Fsp3) is 0.133. The number of carboxylic acids is 1. The van der Waals surface area contributed by atoms with Gasteiger partial charge in [-0.25, -0.2) is 8.42 Å². The Morgan fingerprint density at radius 3 is 2.14 bits per heavy atom. The van der Waals surface area contributed by atoms with E-state index >= 15 is 0 Å².